The van der Waals surface area contributed by atoms with E-state index in [0.29, 0.717) is 0 Å². The molecule has 0 amide bonds. The van der Waals surface area contributed by atoms with Crippen molar-refractivity contribution in [3.8, 4) is 0 Å². The molecule has 0 aromatic heterocycles. The molecule has 1 rings (SSSR count). The van der Waals surface area contributed by atoms with Crippen molar-refractivity contribution in [2.75, 3.05) is 6.26 Å². The van der Waals surface area contributed by atoms with E-state index in [1.165, 1.54) is 6.92 Å². The molecule has 0 aliphatic carbocycles. The zero-order chi connectivity index (χ0) is 12.5. The van der Waals surface area contributed by atoms with Crippen molar-refractivity contribution < 1.29 is 22.0 Å². The van der Waals surface area contributed by atoms with Gasteiger partial charge in [0, 0.05) is 18.2 Å². The summed E-state index contributed by atoms with van der Waals surface area (Å²) in [6.07, 6.45) is 0.363. The van der Waals surface area contributed by atoms with Crippen molar-refractivity contribution in [1.29, 1.82) is 0 Å². The molecule has 16 heavy (non-hydrogen) atoms. The summed E-state index contributed by atoms with van der Waals surface area (Å²) in [4.78, 5) is 10.2. The summed E-state index contributed by atoms with van der Waals surface area (Å²) < 4.78 is 49.1. The number of rotatable bonds is 3. The summed E-state index contributed by atoms with van der Waals surface area (Å²) in [5.41, 5.74) is -0.504. The molecule has 1 aromatic rings. The van der Waals surface area contributed by atoms with E-state index in [4.69, 9.17) is 0 Å². The average Bonchev–Trinajstić information content (AvgIpc) is 2.09. The Hall–Kier alpha value is -1.30. The topological polar surface area (TPSA) is 51.2 Å². The van der Waals surface area contributed by atoms with Gasteiger partial charge in [-0.1, -0.05) is 0 Å². The summed E-state index contributed by atoms with van der Waals surface area (Å²) in [7, 11) is -3.76. The fourth-order valence-corrected chi connectivity index (χ4v) is 2.04. The van der Waals surface area contributed by atoms with Crippen molar-refractivity contribution in [3.63, 3.8) is 0 Å². The van der Waals surface area contributed by atoms with Crippen molar-refractivity contribution >= 4 is 15.6 Å². The highest BCUT2D eigenvalue weighted by atomic mass is 32.2. The molecule has 0 radical (unpaired) electrons. The van der Waals surface area contributed by atoms with Gasteiger partial charge in [0.1, 0.15) is 22.3 Å². The molecule has 3 nitrogen and oxygen atoms in total. The van der Waals surface area contributed by atoms with Crippen LogP contribution in [0.2, 0.25) is 0 Å². The lowest BCUT2D eigenvalue weighted by Crippen LogP contribution is -2.08. The van der Waals surface area contributed by atoms with E-state index in [-0.39, 0.29) is 0 Å². The Morgan fingerprint density at radius 2 is 1.88 bits per heavy atom. The van der Waals surface area contributed by atoms with E-state index in [0.717, 1.165) is 18.4 Å². The molecule has 0 aliphatic heterocycles. The number of halogens is 2. The molecular formula is C10H10F2O3S. The quantitative estimate of drug-likeness (QED) is 0.762. The highest BCUT2D eigenvalue weighted by Crippen LogP contribution is 2.21. The van der Waals surface area contributed by atoms with Crippen LogP contribution in [0, 0.1) is 11.6 Å². The number of ketones is 1. The second kappa shape index (κ2) is 4.29. The third-order valence-electron chi connectivity index (χ3n) is 1.98. The molecule has 0 spiro atoms. The van der Waals surface area contributed by atoms with Gasteiger partial charge >= 0.3 is 0 Å². The number of hydrogen-bond donors (Lipinski definition) is 0. The van der Waals surface area contributed by atoms with Crippen LogP contribution in [0.5, 0.6) is 0 Å². The number of Topliss-reactive ketones (excluding diaryl/α,β-unsaturated/α-hetero) is 1. The molecule has 0 unspecified atom stereocenters. The molecule has 0 aliphatic rings. The summed E-state index contributed by atoms with van der Waals surface area (Å²) >= 11 is 0. The number of carbonyl (C=O) groups excluding carboxylic acids is 1. The Morgan fingerprint density at radius 1 is 1.31 bits per heavy atom. The van der Waals surface area contributed by atoms with Gasteiger partial charge < -0.3 is 0 Å². The SMILES string of the molecule is CC(=O)Cc1c(F)ccc(S(C)(=O)=O)c1F. The Morgan fingerprint density at radius 3 is 2.31 bits per heavy atom. The second-order valence-corrected chi connectivity index (χ2v) is 5.47. The van der Waals surface area contributed by atoms with Crippen LogP contribution in [0.1, 0.15) is 12.5 Å². The maximum absolute atomic E-state index is 13.6. The molecule has 88 valence electrons. The lowest BCUT2D eigenvalue weighted by atomic mass is 10.1. The number of sulfone groups is 1. The van der Waals surface area contributed by atoms with Gasteiger partial charge in [0.25, 0.3) is 0 Å². The lowest BCUT2D eigenvalue weighted by Gasteiger charge is -2.06. The van der Waals surface area contributed by atoms with E-state index >= 15 is 0 Å². The van der Waals surface area contributed by atoms with Crippen molar-refractivity contribution in [2.45, 2.75) is 18.2 Å². The van der Waals surface area contributed by atoms with Crippen molar-refractivity contribution in [1.82, 2.24) is 0 Å². The second-order valence-electron chi connectivity index (χ2n) is 3.49. The predicted molar refractivity (Wildman–Crippen MR) is 53.9 cm³/mol. The van der Waals surface area contributed by atoms with Crippen LogP contribution >= 0.6 is 0 Å². The average molecular weight is 248 g/mol. The zero-order valence-corrected chi connectivity index (χ0v) is 9.57. The standard InChI is InChI=1S/C10H10F2O3S/c1-6(13)5-7-8(11)3-4-9(10(7)12)16(2,14)15/h3-4H,5H2,1-2H3. The third kappa shape index (κ3) is 2.63. The molecule has 0 fully saturated rings. The van der Waals surface area contributed by atoms with Gasteiger partial charge in [-0.15, -0.1) is 0 Å². The van der Waals surface area contributed by atoms with Crippen molar-refractivity contribution in [2.24, 2.45) is 0 Å². The number of hydrogen-bond acceptors (Lipinski definition) is 3. The monoisotopic (exact) mass is 248 g/mol. The molecule has 0 saturated heterocycles. The fraction of sp³-hybridized carbons (Fsp3) is 0.300. The van der Waals surface area contributed by atoms with Gasteiger partial charge in [-0.05, 0) is 19.1 Å². The van der Waals surface area contributed by atoms with E-state index in [2.05, 4.69) is 0 Å². The summed E-state index contributed by atoms with van der Waals surface area (Å²) in [6.45, 7) is 1.17. The van der Waals surface area contributed by atoms with Crippen LogP contribution in [0.15, 0.2) is 17.0 Å². The maximum atomic E-state index is 13.6. The minimum absolute atomic E-state index is 0.441. The Bertz CT molecular complexity index is 535. The van der Waals surface area contributed by atoms with Gasteiger partial charge in [-0.25, -0.2) is 17.2 Å². The molecule has 1 aromatic carbocycles. The Kier molecular flexibility index (Phi) is 3.42. The molecule has 0 saturated carbocycles. The van der Waals surface area contributed by atoms with Crippen LogP contribution in [-0.4, -0.2) is 20.5 Å². The van der Waals surface area contributed by atoms with E-state index in [1.54, 1.807) is 0 Å². The number of carbonyl (C=O) groups is 1. The zero-order valence-electron chi connectivity index (χ0n) is 8.75. The van der Waals surface area contributed by atoms with Gasteiger partial charge in [-0.3, -0.25) is 4.79 Å². The summed E-state index contributed by atoms with van der Waals surface area (Å²) in [6, 6.07) is 1.70. The fourth-order valence-electron chi connectivity index (χ4n) is 1.27. The summed E-state index contributed by atoms with van der Waals surface area (Å²) in [5.74, 6) is -2.54. The Balaban J connectivity index is 3.44. The van der Waals surface area contributed by atoms with E-state index in [1.807, 2.05) is 0 Å². The lowest BCUT2D eigenvalue weighted by molar-refractivity contribution is -0.116. The molecule has 0 N–H and O–H groups in total. The van der Waals surface area contributed by atoms with Crippen LogP contribution in [0.4, 0.5) is 8.78 Å². The Labute approximate surface area is 92.0 Å². The van der Waals surface area contributed by atoms with Crippen LogP contribution < -0.4 is 0 Å². The highest BCUT2D eigenvalue weighted by Gasteiger charge is 2.20. The third-order valence-corrected chi connectivity index (χ3v) is 3.09. The molecule has 6 heteroatoms. The number of benzene rings is 1. The van der Waals surface area contributed by atoms with Crippen LogP contribution in [-0.2, 0) is 21.1 Å². The minimum atomic E-state index is -3.76. The largest absolute Gasteiger partial charge is 0.300 e. The first-order valence-electron chi connectivity index (χ1n) is 4.40. The molecule has 0 atom stereocenters. The van der Waals surface area contributed by atoms with Gasteiger partial charge in [0.15, 0.2) is 9.84 Å². The first-order valence-corrected chi connectivity index (χ1v) is 6.29. The minimum Gasteiger partial charge on any atom is -0.300 e. The first-order chi connectivity index (χ1) is 7.23. The van der Waals surface area contributed by atoms with Crippen molar-refractivity contribution in [3.05, 3.63) is 29.3 Å². The molecule has 0 bridgehead atoms. The van der Waals surface area contributed by atoms with Crippen LogP contribution in [0.25, 0.3) is 0 Å². The summed E-state index contributed by atoms with van der Waals surface area (Å²) in [5, 5.41) is 0. The molecular weight excluding hydrogens is 238 g/mol. The first kappa shape index (κ1) is 12.8. The van der Waals surface area contributed by atoms with E-state index in [9.17, 15) is 22.0 Å². The maximum Gasteiger partial charge on any atom is 0.178 e. The van der Waals surface area contributed by atoms with Gasteiger partial charge in [-0.2, -0.15) is 0 Å². The highest BCUT2D eigenvalue weighted by molar-refractivity contribution is 7.90. The van der Waals surface area contributed by atoms with Gasteiger partial charge in [0.05, 0.1) is 0 Å². The van der Waals surface area contributed by atoms with Gasteiger partial charge in [0.2, 0.25) is 0 Å². The van der Waals surface area contributed by atoms with E-state index < -0.39 is 44.1 Å². The smallest absolute Gasteiger partial charge is 0.178 e. The normalized spacial score (nSPS) is 11.5. The van der Waals surface area contributed by atoms with Crippen LogP contribution in [0.3, 0.4) is 0 Å². The molecule has 0 heterocycles. The predicted octanol–water partition coefficient (Wildman–Crippen LogP) is 1.50.